The number of methoxy groups -OCH3 is 1. The average Bonchev–Trinajstić information content (AvgIpc) is 2.80. The van der Waals surface area contributed by atoms with Gasteiger partial charge in [0.25, 0.3) is 0 Å². The number of ketones is 1. The molecule has 0 bridgehead atoms. The molecule has 4 nitrogen and oxygen atoms in total. The smallest absolute Gasteiger partial charge is 0.217 e. The van der Waals surface area contributed by atoms with Crippen molar-refractivity contribution < 1.29 is 18.3 Å². The zero-order valence-electron chi connectivity index (χ0n) is 10.5. The predicted molar refractivity (Wildman–Crippen MR) is 64.2 cm³/mol. The van der Waals surface area contributed by atoms with Crippen molar-refractivity contribution in [2.45, 2.75) is 13.5 Å². The van der Waals surface area contributed by atoms with E-state index in [0.29, 0.717) is 12.6 Å². The van der Waals surface area contributed by atoms with Crippen LogP contribution in [0.1, 0.15) is 23.0 Å². The molecular formula is C13H12F2N2O2. The molecular weight excluding hydrogens is 254 g/mol. The first-order valence-corrected chi connectivity index (χ1v) is 5.68. The van der Waals surface area contributed by atoms with Crippen molar-refractivity contribution in [1.82, 2.24) is 9.78 Å². The highest BCUT2D eigenvalue weighted by Crippen LogP contribution is 2.23. The lowest BCUT2D eigenvalue weighted by atomic mass is 10.1. The zero-order valence-corrected chi connectivity index (χ0v) is 10.5. The van der Waals surface area contributed by atoms with E-state index in [4.69, 9.17) is 4.74 Å². The Kier molecular flexibility index (Phi) is 3.59. The fourth-order valence-electron chi connectivity index (χ4n) is 1.79. The van der Waals surface area contributed by atoms with Crippen LogP contribution >= 0.6 is 0 Å². The monoisotopic (exact) mass is 266 g/mol. The van der Waals surface area contributed by atoms with Gasteiger partial charge < -0.3 is 4.74 Å². The van der Waals surface area contributed by atoms with E-state index in [-0.39, 0.29) is 17.0 Å². The normalized spacial score (nSPS) is 10.5. The molecule has 0 aliphatic heterocycles. The van der Waals surface area contributed by atoms with Gasteiger partial charge in [-0.1, -0.05) is 0 Å². The van der Waals surface area contributed by atoms with E-state index in [1.807, 2.05) is 0 Å². The molecule has 19 heavy (non-hydrogen) atoms. The van der Waals surface area contributed by atoms with E-state index in [9.17, 15) is 13.6 Å². The Morgan fingerprint density at radius 1 is 1.42 bits per heavy atom. The number of nitrogens with zero attached hydrogens (tertiary/aromatic N) is 2. The number of carbonyl (C=O) groups excluding carboxylic acids is 1. The first-order chi connectivity index (χ1) is 9.08. The number of benzene rings is 1. The molecule has 100 valence electrons. The Labute approximate surface area is 108 Å². The summed E-state index contributed by atoms with van der Waals surface area (Å²) in [6.45, 7) is 2.23. The minimum atomic E-state index is -0.907. The molecule has 2 aromatic rings. The molecule has 0 aliphatic carbocycles. The molecule has 1 heterocycles. The second-order valence-corrected chi connectivity index (χ2v) is 3.83. The van der Waals surface area contributed by atoms with Gasteiger partial charge in [-0.05, 0) is 19.1 Å². The second kappa shape index (κ2) is 5.17. The standard InChI is InChI=1S/C13H12F2N2O2/c1-3-17-12(11(19-2)7-16-17)13(18)9-5-4-8(14)6-10(9)15/h4-7H,3H2,1-2H3. The number of ether oxygens (including phenoxy) is 1. The maximum Gasteiger partial charge on any atom is 0.217 e. The fraction of sp³-hybridized carbons (Fsp3) is 0.231. The Morgan fingerprint density at radius 2 is 2.16 bits per heavy atom. The van der Waals surface area contributed by atoms with Gasteiger partial charge in [-0.25, -0.2) is 8.78 Å². The van der Waals surface area contributed by atoms with E-state index >= 15 is 0 Å². The minimum absolute atomic E-state index is 0.149. The molecule has 1 aromatic carbocycles. The number of hydrogen-bond donors (Lipinski definition) is 0. The Hall–Kier alpha value is -2.24. The summed E-state index contributed by atoms with van der Waals surface area (Å²) in [5.41, 5.74) is -0.0644. The van der Waals surface area contributed by atoms with Crippen molar-refractivity contribution >= 4 is 5.78 Å². The van der Waals surface area contributed by atoms with Gasteiger partial charge in [0, 0.05) is 12.6 Å². The maximum absolute atomic E-state index is 13.6. The molecule has 0 fully saturated rings. The van der Waals surface area contributed by atoms with Crippen molar-refractivity contribution in [2.24, 2.45) is 0 Å². The number of halogens is 2. The summed E-state index contributed by atoms with van der Waals surface area (Å²) in [4.78, 5) is 12.3. The van der Waals surface area contributed by atoms with Gasteiger partial charge in [0.15, 0.2) is 11.4 Å². The van der Waals surface area contributed by atoms with E-state index in [1.54, 1.807) is 6.92 Å². The third kappa shape index (κ3) is 2.33. The molecule has 0 radical (unpaired) electrons. The molecule has 0 saturated heterocycles. The fourth-order valence-corrected chi connectivity index (χ4v) is 1.79. The predicted octanol–water partition coefficient (Wildman–Crippen LogP) is 2.42. The molecule has 0 amide bonds. The third-order valence-corrected chi connectivity index (χ3v) is 2.72. The molecule has 2 rings (SSSR count). The van der Waals surface area contributed by atoms with Crippen LogP contribution in [-0.4, -0.2) is 22.7 Å². The summed E-state index contributed by atoms with van der Waals surface area (Å²) >= 11 is 0. The molecule has 0 unspecified atom stereocenters. The molecule has 6 heteroatoms. The van der Waals surface area contributed by atoms with Crippen LogP contribution in [-0.2, 0) is 6.54 Å². The Morgan fingerprint density at radius 3 is 2.74 bits per heavy atom. The van der Waals surface area contributed by atoms with Gasteiger partial charge in [-0.3, -0.25) is 9.48 Å². The van der Waals surface area contributed by atoms with Crippen LogP contribution < -0.4 is 4.74 Å². The van der Waals surface area contributed by atoms with Crippen LogP contribution in [0.25, 0.3) is 0 Å². The largest absolute Gasteiger partial charge is 0.493 e. The Bertz CT molecular complexity index is 602. The van der Waals surface area contributed by atoms with Crippen LogP contribution in [0.5, 0.6) is 5.75 Å². The number of aryl methyl sites for hydroxylation is 1. The lowest BCUT2D eigenvalue weighted by Gasteiger charge is -2.07. The maximum atomic E-state index is 13.6. The topological polar surface area (TPSA) is 44.1 Å². The van der Waals surface area contributed by atoms with Gasteiger partial charge >= 0.3 is 0 Å². The lowest BCUT2D eigenvalue weighted by molar-refractivity contribution is 0.102. The van der Waals surface area contributed by atoms with Crippen molar-refractivity contribution in [3.05, 3.63) is 47.3 Å². The summed E-state index contributed by atoms with van der Waals surface area (Å²) < 4.78 is 32.9. The number of aromatic nitrogens is 2. The highest BCUT2D eigenvalue weighted by atomic mass is 19.1. The van der Waals surface area contributed by atoms with E-state index in [0.717, 1.165) is 12.1 Å². The third-order valence-electron chi connectivity index (χ3n) is 2.72. The molecule has 1 aromatic heterocycles. The lowest BCUT2D eigenvalue weighted by Crippen LogP contribution is -2.13. The van der Waals surface area contributed by atoms with Crippen molar-refractivity contribution in [2.75, 3.05) is 7.11 Å². The summed E-state index contributed by atoms with van der Waals surface area (Å²) in [6, 6.07) is 2.82. The van der Waals surface area contributed by atoms with E-state index < -0.39 is 17.4 Å². The van der Waals surface area contributed by atoms with Crippen molar-refractivity contribution in [3.63, 3.8) is 0 Å². The second-order valence-electron chi connectivity index (χ2n) is 3.83. The summed E-state index contributed by atoms with van der Waals surface area (Å²) in [5.74, 6) is -1.97. The molecule has 0 spiro atoms. The summed E-state index contributed by atoms with van der Waals surface area (Å²) in [7, 11) is 1.40. The summed E-state index contributed by atoms with van der Waals surface area (Å²) in [5, 5.41) is 3.97. The summed E-state index contributed by atoms with van der Waals surface area (Å²) in [6.07, 6.45) is 1.39. The van der Waals surface area contributed by atoms with Crippen LogP contribution in [0.3, 0.4) is 0 Å². The molecule has 0 saturated carbocycles. The first-order valence-electron chi connectivity index (χ1n) is 5.68. The van der Waals surface area contributed by atoms with E-state index in [1.165, 1.54) is 18.0 Å². The number of carbonyl (C=O) groups is 1. The van der Waals surface area contributed by atoms with Gasteiger partial charge in [-0.15, -0.1) is 0 Å². The number of rotatable bonds is 4. The molecule has 0 aliphatic rings. The molecule has 0 N–H and O–H groups in total. The van der Waals surface area contributed by atoms with Crippen molar-refractivity contribution in [3.8, 4) is 5.75 Å². The van der Waals surface area contributed by atoms with Gasteiger partial charge in [-0.2, -0.15) is 5.10 Å². The van der Waals surface area contributed by atoms with E-state index in [2.05, 4.69) is 5.10 Å². The van der Waals surface area contributed by atoms with Gasteiger partial charge in [0.2, 0.25) is 5.78 Å². The molecule has 0 atom stereocenters. The first kappa shape index (κ1) is 13.2. The van der Waals surface area contributed by atoms with Crippen LogP contribution in [0.15, 0.2) is 24.4 Å². The van der Waals surface area contributed by atoms with Gasteiger partial charge in [0.05, 0.1) is 18.9 Å². The average molecular weight is 266 g/mol. The Balaban J connectivity index is 2.52. The minimum Gasteiger partial charge on any atom is -0.493 e. The van der Waals surface area contributed by atoms with Crippen LogP contribution in [0.2, 0.25) is 0 Å². The van der Waals surface area contributed by atoms with Gasteiger partial charge in [0.1, 0.15) is 11.6 Å². The van der Waals surface area contributed by atoms with Crippen LogP contribution in [0.4, 0.5) is 8.78 Å². The van der Waals surface area contributed by atoms with Crippen molar-refractivity contribution in [1.29, 1.82) is 0 Å². The van der Waals surface area contributed by atoms with Crippen LogP contribution in [0, 0.1) is 11.6 Å². The highest BCUT2D eigenvalue weighted by molar-refractivity contribution is 6.09. The quantitative estimate of drug-likeness (QED) is 0.798. The SMILES string of the molecule is CCn1ncc(OC)c1C(=O)c1ccc(F)cc1F. The highest BCUT2D eigenvalue weighted by Gasteiger charge is 2.23. The zero-order chi connectivity index (χ0) is 14.0. The number of hydrogen-bond acceptors (Lipinski definition) is 3.